The van der Waals surface area contributed by atoms with Gasteiger partial charge in [0.2, 0.25) is 0 Å². The monoisotopic (exact) mass is 330 g/mol. The highest BCUT2D eigenvalue weighted by Crippen LogP contribution is 2.18. The Morgan fingerprint density at radius 3 is 2.78 bits per heavy atom. The molecule has 0 radical (unpaired) electrons. The van der Waals surface area contributed by atoms with Gasteiger partial charge in [0.15, 0.2) is 0 Å². The van der Waals surface area contributed by atoms with Crippen molar-refractivity contribution in [1.29, 1.82) is 0 Å². The predicted octanol–water partition coefficient (Wildman–Crippen LogP) is 1.71. The zero-order valence-electron chi connectivity index (χ0n) is 12.6. The number of ether oxygens (including phenoxy) is 1. The molecule has 8 heteroatoms. The van der Waals surface area contributed by atoms with E-state index in [1.54, 1.807) is 18.2 Å². The van der Waals surface area contributed by atoms with Crippen molar-refractivity contribution in [3.05, 3.63) is 57.3 Å². The summed E-state index contributed by atoms with van der Waals surface area (Å²) in [7, 11) is 0. The van der Waals surface area contributed by atoms with E-state index in [4.69, 9.17) is 4.74 Å². The number of nitrogens with zero attached hydrogens (tertiary/aromatic N) is 4. The summed E-state index contributed by atoms with van der Waals surface area (Å²) in [4.78, 5) is 24.2. The van der Waals surface area contributed by atoms with E-state index in [0.29, 0.717) is 10.8 Å². The second-order valence-corrected chi connectivity index (χ2v) is 5.95. The Morgan fingerprint density at radius 1 is 1.26 bits per heavy atom. The molecule has 23 heavy (non-hydrogen) atoms. The number of esters is 1. The number of aromatic nitrogens is 4. The molecular weight excluding hydrogens is 316 g/mol. The Labute approximate surface area is 135 Å². The molecule has 0 aliphatic rings. The molecule has 3 rings (SSSR count). The van der Waals surface area contributed by atoms with Crippen LogP contribution in [-0.4, -0.2) is 25.8 Å². The fourth-order valence-corrected chi connectivity index (χ4v) is 2.76. The number of aryl methyl sites for hydroxylation is 2. The molecule has 0 atom stereocenters. The maximum absolute atomic E-state index is 12.2. The van der Waals surface area contributed by atoms with Gasteiger partial charge in [0.05, 0.1) is 0 Å². The summed E-state index contributed by atoms with van der Waals surface area (Å²) in [5.41, 5.74) is 1.45. The third-order valence-corrected chi connectivity index (χ3v) is 4.03. The van der Waals surface area contributed by atoms with Crippen LogP contribution >= 0.6 is 11.3 Å². The molecule has 0 saturated heterocycles. The van der Waals surface area contributed by atoms with E-state index in [9.17, 15) is 9.59 Å². The first kappa shape index (κ1) is 15.2. The van der Waals surface area contributed by atoms with Gasteiger partial charge >= 0.3 is 11.7 Å². The maximum atomic E-state index is 12.2. The summed E-state index contributed by atoms with van der Waals surface area (Å²) in [6.07, 6.45) is 0. The number of hydrogen-bond donors (Lipinski definition) is 0. The highest BCUT2D eigenvalue weighted by Gasteiger charge is 2.14. The standard InChI is InChI=1S/C15H14N4O3S/c1-10-5-6-12(11(2)8-10)22-14(20)9-18-15(21)19(17-16-18)13-4-3-7-23-13/h3-8H,9H2,1-2H3. The van der Waals surface area contributed by atoms with Crippen LogP contribution in [0.25, 0.3) is 5.00 Å². The highest BCUT2D eigenvalue weighted by molar-refractivity contribution is 7.12. The van der Waals surface area contributed by atoms with Crippen LogP contribution in [-0.2, 0) is 11.3 Å². The van der Waals surface area contributed by atoms with Crippen LogP contribution < -0.4 is 10.4 Å². The molecule has 0 aliphatic carbocycles. The van der Waals surface area contributed by atoms with E-state index in [1.807, 2.05) is 31.4 Å². The Balaban J connectivity index is 1.75. The number of carbonyl (C=O) groups excluding carboxylic acids is 1. The molecular formula is C15H14N4O3S. The molecule has 0 fully saturated rings. The quantitative estimate of drug-likeness (QED) is 0.537. The zero-order valence-corrected chi connectivity index (χ0v) is 13.4. The molecule has 7 nitrogen and oxygen atoms in total. The molecule has 0 aliphatic heterocycles. The average Bonchev–Trinajstić information content (AvgIpc) is 3.13. The molecule has 2 heterocycles. The molecule has 0 saturated carbocycles. The lowest BCUT2D eigenvalue weighted by molar-refractivity contribution is -0.135. The Hall–Kier alpha value is -2.74. The van der Waals surface area contributed by atoms with E-state index in [2.05, 4.69) is 10.4 Å². The summed E-state index contributed by atoms with van der Waals surface area (Å²) < 4.78 is 7.41. The lowest BCUT2D eigenvalue weighted by Gasteiger charge is -2.07. The van der Waals surface area contributed by atoms with E-state index in [-0.39, 0.29) is 6.54 Å². The van der Waals surface area contributed by atoms with Gasteiger partial charge in [-0.05, 0) is 53.4 Å². The van der Waals surface area contributed by atoms with Crippen molar-refractivity contribution >= 4 is 17.3 Å². The Morgan fingerprint density at radius 2 is 2.09 bits per heavy atom. The molecule has 1 aromatic carbocycles. The van der Waals surface area contributed by atoms with Crippen molar-refractivity contribution in [3.63, 3.8) is 0 Å². The van der Waals surface area contributed by atoms with Crippen molar-refractivity contribution in [3.8, 4) is 10.8 Å². The minimum Gasteiger partial charge on any atom is -0.425 e. The van der Waals surface area contributed by atoms with Gasteiger partial charge in [-0.2, -0.15) is 9.36 Å². The second-order valence-electron chi connectivity index (χ2n) is 5.03. The summed E-state index contributed by atoms with van der Waals surface area (Å²) in [6, 6.07) is 9.06. The average molecular weight is 330 g/mol. The number of benzene rings is 1. The number of hydrogen-bond acceptors (Lipinski definition) is 6. The van der Waals surface area contributed by atoms with Gasteiger partial charge in [0.25, 0.3) is 0 Å². The molecule has 0 spiro atoms. The molecule has 2 aromatic heterocycles. The number of carbonyl (C=O) groups is 1. The van der Waals surface area contributed by atoms with Crippen molar-refractivity contribution in [2.75, 3.05) is 0 Å². The fourth-order valence-electron chi connectivity index (χ4n) is 2.09. The third-order valence-electron chi connectivity index (χ3n) is 3.19. The predicted molar refractivity (Wildman–Crippen MR) is 85.0 cm³/mol. The Kier molecular flexibility index (Phi) is 4.07. The van der Waals surface area contributed by atoms with E-state index < -0.39 is 11.7 Å². The molecule has 118 valence electrons. The van der Waals surface area contributed by atoms with Gasteiger partial charge in [-0.25, -0.2) is 9.59 Å². The van der Waals surface area contributed by atoms with Gasteiger partial charge in [-0.3, -0.25) is 0 Å². The lowest BCUT2D eigenvalue weighted by Crippen LogP contribution is -2.28. The van der Waals surface area contributed by atoms with Crippen LogP contribution in [0.5, 0.6) is 5.75 Å². The van der Waals surface area contributed by atoms with Crippen molar-refractivity contribution in [1.82, 2.24) is 19.8 Å². The van der Waals surface area contributed by atoms with E-state index >= 15 is 0 Å². The molecule has 0 amide bonds. The highest BCUT2D eigenvalue weighted by atomic mass is 32.1. The van der Waals surface area contributed by atoms with Crippen LogP contribution in [0.3, 0.4) is 0 Å². The van der Waals surface area contributed by atoms with E-state index in [1.165, 1.54) is 11.3 Å². The smallest absolute Gasteiger partial charge is 0.369 e. The Bertz CT molecular complexity index is 896. The largest absolute Gasteiger partial charge is 0.425 e. The molecule has 0 bridgehead atoms. The SMILES string of the molecule is Cc1ccc(OC(=O)Cn2nnn(-c3cccs3)c2=O)c(C)c1. The third kappa shape index (κ3) is 3.21. The first-order valence-electron chi connectivity index (χ1n) is 6.89. The first-order chi connectivity index (χ1) is 11.0. The summed E-state index contributed by atoms with van der Waals surface area (Å²) in [6.45, 7) is 3.52. The van der Waals surface area contributed by atoms with Gasteiger partial charge in [-0.15, -0.1) is 11.3 Å². The minimum absolute atomic E-state index is 0.294. The van der Waals surface area contributed by atoms with Crippen molar-refractivity contribution in [2.24, 2.45) is 0 Å². The molecule has 0 unspecified atom stereocenters. The van der Waals surface area contributed by atoms with Crippen LogP contribution in [0.2, 0.25) is 0 Å². The fraction of sp³-hybridized carbons (Fsp3) is 0.200. The summed E-state index contributed by atoms with van der Waals surface area (Å²) in [5, 5.41) is 9.95. The normalized spacial score (nSPS) is 10.7. The van der Waals surface area contributed by atoms with Gasteiger partial charge < -0.3 is 4.74 Å². The van der Waals surface area contributed by atoms with Crippen molar-refractivity contribution < 1.29 is 9.53 Å². The van der Waals surface area contributed by atoms with Crippen LogP contribution in [0.1, 0.15) is 11.1 Å². The van der Waals surface area contributed by atoms with Gasteiger partial charge in [0, 0.05) is 0 Å². The number of thiophene rings is 1. The topological polar surface area (TPSA) is 79.0 Å². The van der Waals surface area contributed by atoms with Crippen LogP contribution in [0.15, 0.2) is 40.5 Å². The first-order valence-corrected chi connectivity index (χ1v) is 7.77. The second kappa shape index (κ2) is 6.17. The van der Waals surface area contributed by atoms with Crippen LogP contribution in [0.4, 0.5) is 0 Å². The van der Waals surface area contributed by atoms with Gasteiger partial charge in [-0.1, -0.05) is 17.7 Å². The number of tetrazole rings is 1. The van der Waals surface area contributed by atoms with Crippen LogP contribution in [0, 0.1) is 13.8 Å². The van der Waals surface area contributed by atoms with E-state index in [0.717, 1.165) is 20.5 Å². The number of rotatable bonds is 4. The maximum Gasteiger partial charge on any atom is 0.369 e. The van der Waals surface area contributed by atoms with Crippen molar-refractivity contribution in [2.45, 2.75) is 20.4 Å². The summed E-state index contributed by atoms with van der Waals surface area (Å²) in [5.74, 6) is -0.100. The molecule has 0 N–H and O–H groups in total. The molecule has 3 aromatic rings. The lowest BCUT2D eigenvalue weighted by atomic mass is 10.1. The zero-order chi connectivity index (χ0) is 16.4. The summed E-state index contributed by atoms with van der Waals surface area (Å²) >= 11 is 1.36. The minimum atomic E-state index is -0.572. The van der Waals surface area contributed by atoms with Gasteiger partial charge in [0.1, 0.15) is 17.3 Å².